The number of H-pyrrole nitrogens is 2. The summed E-state index contributed by atoms with van der Waals surface area (Å²) in [6.07, 6.45) is -2.65. The average molecular weight is 268 g/mol. The molecule has 1 aliphatic rings. The van der Waals surface area contributed by atoms with Crippen molar-refractivity contribution in [3.05, 3.63) is 12.2 Å². The smallest absolute Gasteiger partial charge is 0.305 e. The Morgan fingerprint density at radius 2 is 2.16 bits per heavy atom. The summed E-state index contributed by atoms with van der Waals surface area (Å²) >= 11 is 0. The van der Waals surface area contributed by atoms with Gasteiger partial charge in [0.05, 0.1) is 6.61 Å². The van der Waals surface area contributed by atoms with E-state index >= 15 is 0 Å². The molecule has 4 atom stereocenters. The summed E-state index contributed by atoms with van der Waals surface area (Å²) in [7, 11) is 0. The number of nitrogens with one attached hydrogen (secondary N) is 2. The number of nitrogens with two attached hydrogens (primary N) is 1. The zero-order valence-electron chi connectivity index (χ0n) is 9.82. The fourth-order valence-corrected chi connectivity index (χ4v) is 2.16. The first kappa shape index (κ1) is 12.2. The highest BCUT2D eigenvalue weighted by molar-refractivity contribution is 5.78. The highest BCUT2D eigenvalue weighted by atomic mass is 16.6. The maximum absolute atomic E-state index is 9.90. The number of rotatable bonds is 2. The Bertz CT molecular complexity index is 603. The largest absolute Gasteiger partial charge is 0.394 e. The minimum atomic E-state index is -1.21. The first-order valence-corrected chi connectivity index (χ1v) is 5.76. The van der Waals surface area contributed by atoms with Crippen LogP contribution in [0.15, 0.2) is 6.33 Å². The molecule has 2 aromatic rings. The number of hydrogen-bond acceptors (Lipinski definition) is 7. The summed E-state index contributed by atoms with van der Waals surface area (Å²) in [5.41, 5.74) is 6.79. The van der Waals surface area contributed by atoms with Crippen LogP contribution in [0.1, 0.15) is 11.9 Å². The predicted octanol–water partition coefficient (Wildman–Crippen LogP) is -2.49. The van der Waals surface area contributed by atoms with E-state index in [1.807, 2.05) is 0 Å². The first-order chi connectivity index (χ1) is 9.11. The van der Waals surface area contributed by atoms with Gasteiger partial charge >= 0.3 is 5.65 Å². The van der Waals surface area contributed by atoms with Gasteiger partial charge in [-0.05, 0) is 0 Å². The normalized spacial score (nSPS) is 31.1. The highest BCUT2D eigenvalue weighted by Crippen LogP contribution is 2.32. The van der Waals surface area contributed by atoms with Crippen LogP contribution in [0.5, 0.6) is 0 Å². The number of nitrogen functional groups attached to an aromatic ring is 1. The Labute approximate surface area is 107 Å². The molecule has 2 aromatic heterocycles. The number of hydrogen-bond donors (Lipinski definition) is 5. The van der Waals surface area contributed by atoms with Crippen LogP contribution in [-0.4, -0.2) is 55.2 Å². The molecular formula is C10H14N5O4+. The van der Waals surface area contributed by atoms with E-state index in [1.165, 1.54) is 0 Å². The van der Waals surface area contributed by atoms with Gasteiger partial charge in [-0.1, -0.05) is 4.98 Å². The molecule has 0 radical (unpaired) electrons. The standard InChI is InChI=1S/C10H13N5O4/c11-8-4-9(13-2-12-4)15-10(14-8)7-6(18)5(17)3(1-16)19-7/h2-3,5-7,16-18H,1H2,(H3,11,12,13,14,15)/p+1/t3-,5-,6+,7+/m0/s1. The topological polar surface area (TPSA) is 152 Å². The lowest BCUT2D eigenvalue weighted by Crippen LogP contribution is -2.32. The van der Waals surface area contributed by atoms with Crippen LogP contribution in [0.25, 0.3) is 11.2 Å². The molecule has 7 N–H and O–H groups in total. The van der Waals surface area contributed by atoms with Gasteiger partial charge in [-0.3, -0.25) is 4.98 Å². The number of aliphatic hydroxyl groups is 3. The number of ether oxygens (including phenoxy) is 1. The van der Waals surface area contributed by atoms with Crippen LogP contribution in [0.2, 0.25) is 0 Å². The molecule has 1 aliphatic heterocycles. The molecule has 3 heterocycles. The summed E-state index contributed by atoms with van der Waals surface area (Å²) in [6.45, 7) is -0.400. The van der Waals surface area contributed by atoms with Crippen molar-refractivity contribution in [3.63, 3.8) is 0 Å². The summed E-state index contributed by atoms with van der Waals surface area (Å²) < 4.78 is 5.35. The lowest BCUT2D eigenvalue weighted by Gasteiger charge is -2.11. The number of fused-ring (bicyclic) bond motifs is 1. The van der Waals surface area contributed by atoms with Gasteiger partial charge in [0.15, 0.2) is 18.2 Å². The van der Waals surface area contributed by atoms with E-state index in [0.29, 0.717) is 11.2 Å². The molecule has 0 spiro atoms. The zero-order chi connectivity index (χ0) is 13.6. The van der Waals surface area contributed by atoms with Crippen molar-refractivity contribution in [2.75, 3.05) is 12.3 Å². The molecule has 0 amide bonds. The molecule has 1 saturated heterocycles. The number of aromatic amines is 2. The van der Waals surface area contributed by atoms with Gasteiger partial charge in [0, 0.05) is 0 Å². The third kappa shape index (κ3) is 1.83. The van der Waals surface area contributed by atoms with Crippen LogP contribution >= 0.6 is 0 Å². The van der Waals surface area contributed by atoms with E-state index in [1.54, 1.807) is 6.33 Å². The molecule has 0 aromatic carbocycles. The third-order valence-corrected chi connectivity index (χ3v) is 3.18. The van der Waals surface area contributed by atoms with E-state index in [-0.39, 0.29) is 11.6 Å². The Kier molecular flexibility index (Phi) is 2.82. The summed E-state index contributed by atoms with van der Waals surface area (Å²) in [5, 5.41) is 28.6. The molecule has 9 nitrogen and oxygen atoms in total. The highest BCUT2D eigenvalue weighted by Gasteiger charge is 2.46. The summed E-state index contributed by atoms with van der Waals surface area (Å²) in [6, 6.07) is 0. The van der Waals surface area contributed by atoms with Gasteiger partial charge in [0.2, 0.25) is 11.3 Å². The number of nitrogens with zero attached hydrogens (tertiary/aromatic N) is 2. The van der Waals surface area contributed by atoms with Crippen molar-refractivity contribution < 1.29 is 25.0 Å². The minimum absolute atomic E-state index is 0.156. The Hall–Kier alpha value is -1.81. The second kappa shape index (κ2) is 4.38. The Morgan fingerprint density at radius 1 is 1.37 bits per heavy atom. The first-order valence-electron chi connectivity index (χ1n) is 5.76. The van der Waals surface area contributed by atoms with Crippen LogP contribution in [0, 0.1) is 0 Å². The fourth-order valence-electron chi connectivity index (χ4n) is 2.16. The van der Waals surface area contributed by atoms with Crippen LogP contribution < -0.4 is 10.7 Å². The molecule has 102 valence electrons. The van der Waals surface area contributed by atoms with Crippen molar-refractivity contribution in [3.8, 4) is 0 Å². The molecule has 0 saturated carbocycles. The van der Waals surface area contributed by atoms with E-state index in [9.17, 15) is 10.2 Å². The number of imidazole rings is 1. The van der Waals surface area contributed by atoms with Crippen molar-refractivity contribution in [1.29, 1.82) is 0 Å². The Balaban J connectivity index is 2.00. The Morgan fingerprint density at radius 3 is 2.84 bits per heavy atom. The van der Waals surface area contributed by atoms with Crippen molar-refractivity contribution in [2.45, 2.75) is 24.4 Å². The van der Waals surface area contributed by atoms with Gasteiger partial charge in [0.1, 0.15) is 18.3 Å². The molecule has 9 heteroatoms. The van der Waals surface area contributed by atoms with Gasteiger partial charge < -0.3 is 25.8 Å². The van der Waals surface area contributed by atoms with Gasteiger partial charge in [0.25, 0.3) is 0 Å². The fraction of sp³-hybridized carbons (Fsp3) is 0.500. The van der Waals surface area contributed by atoms with Crippen LogP contribution in [0.3, 0.4) is 0 Å². The molecule has 0 unspecified atom stereocenters. The molecule has 1 fully saturated rings. The van der Waals surface area contributed by atoms with Crippen LogP contribution in [-0.2, 0) is 4.74 Å². The SMILES string of the molecule is Nc1nc([C@@H]2O[C@@H](CO)[C@H](O)[C@H]2O)nc2[nH+]c[nH]c12. The van der Waals surface area contributed by atoms with Gasteiger partial charge in [-0.25, -0.2) is 4.98 Å². The summed E-state index contributed by atoms with van der Waals surface area (Å²) in [5.74, 6) is 0.363. The zero-order valence-corrected chi connectivity index (χ0v) is 9.82. The predicted molar refractivity (Wildman–Crippen MR) is 61.6 cm³/mol. The van der Waals surface area contributed by atoms with Crippen molar-refractivity contribution >= 4 is 17.0 Å². The second-order valence-corrected chi connectivity index (χ2v) is 4.38. The molecule has 19 heavy (non-hydrogen) atoms. The third-order valence-electron chi connectivity index (χ3n) is 3.18. The molecule has 0 aliphatic carbocycles. The maximum atomic E-state index is 9.90. The van der Waals surface area contributed by atoms with Crippen molar-refractivity contribution in [2.24, 2.45) is 0 Å². The van der Waals surface area contributed by atoms with E-state index in [2.05, 4.69) is 19.9 Å². The monoisotopic (exact) mass is 268 g/mol. The van der Waals surface area contributed by atoms with Gasteiger partial charge in [-0.15, -0.1) is 0 Å². The van der Waals surface area contributed by atoms with Crippen LogP contribution in [0.4, 0.5) is 5.82 Å². The molecule has 0 bridgehead atoms. The van der Waals surface area contributed by atoms with Crippen molar-refractivity contribution in [1.82, 2.24) is 15.0 Å². The lowest BCUT2D eigenvalue weighted by atomic mass is 10.1. The van der Waals surface area contributed by atoms with E-state index in [4.69, 9.17) is 15.6 Å². The molecular weight excluding hydrogens is 254 g/mol. The average Bonchev–Trinajstić information content (AvgIpc) is 2.96. The van der Waals surface area contributed by atoms with E-state index < -0.39 is 31.0 Å². The quantitative estimate of drug-likeness (QED) is 0.404. The number of aliphatic hydroxyl groups excluding tert-OH is 3. The second-order valence-electron chi connectivity index (χ2n) is 4.38. The molecule has 3 rings (SSSR count). The van der Waals surface area contributed by atoms with Gasteiger partial charge in [-0.2, -0.15) is 4.98 Å². The number of anilines is 1. The summed E-state index contributed by atoms with van der Waals surface area (Å²) in [4.78, 5) is 13.9. The number of aromatic nitrogens is 4. The maximum Gasteiger partial charge on any atom is 0.305 e. The lowest BCUT2D eigenvalue weighted by molar-refractivity contribution is -0.347. The van der Waals surface area contributed by atoms with E-state index in [0.717, 1.165) is 0 Å². The minimum Gasteiger partial charge on any atom is -0.394 e.